The van der Waals surface area contributed by atoms with Crippen LogP contribution in [-0.4, -0.2) is 21.8 Å². The van der Waals surface area contributed by atoms with Gasteiger partial charge in [0.15, 0.2) is 0 Å². The molecule has 3 nitrogen and oxygen atoms in total. The van der Waals surface area contributed by atoms with E-state index in [9.17, 15) is 9.90 Å². The predicted molar refractivity (Wildman–Crippen MR) is 83.7 cm³/mol. The highest BCUT2D eigenvalue weighted by molar-refractivity contribution is 5.80. The molecule has 2 aliphatic carbocycles. The summed E-state index contributed by atoms with van der Waals surface area (Å²) in [6, 6.07) is 0. The number of carboxylic acid groups (broad SMARTS) is 1. The second-order valence-electron chi connectivity index (χ2n) is 6.86. The van der Waals surface area contributed by atoms with Crippen molar-refractivity contribution in [2.24, 2.45) is 29.6 Å². The molecule has 0 bridgehead atoms. The number of aliphatic carboxylic acids is 1. The van der Waals surface area contributed by atoms with Crippen LogP contribution in [0.4, 0.5) is 0 Å². The molecular formula is C18H26O3. The van der Waals surface area contributed by atoms with Crippen LogP contribution in [0.2, 0.25) is 0 Å². The van der Waals surface area contributed by atoms with Crippen LogP contribution in [0.3, 0.4) is 0 Å². The van der Waals surface area contributed by atoms with Crippen molar-refractivity contribution in [1.29, 1.82) is 0 Å². The van der Waals surface area contributed by atoms with E-state index in [1.165, 1.54) is 6.08 Å². The zero-order valence-corrected chi connectivity index (χ0v) is 13.1. The summed E-state index contributed by atoms with van der Waals surface area (Å²) in [5, 5.41) is 19.9. The van der Waals surface area contributed by atoms with Gasteiger partial charge >= 0.3 is 5.97 Å². The lowest BCUT2D eigenvalue weighted by Gasteiger charge is -2.51. The smallest absolute Gasteiger partial charge is 0.328 e. The molecule has 2 rings (SSSR count). The topological polar surface area (TPSA) is 57.5 Å². The minimum absolute atomic E-state index is 0.0454. The van der Waals surface area contributed by atoms with Gasteiger partial charge in [-0.05, 0) is 30.6 Å². The van der Waals surface area contributed by atoms with Crippen LogP contribution in [0, 0.1) is 29.6 Å². The number of fused-ring (bicyclic) bond motifs is 1. The average molecular weight is 290 g/mol. The molecule has 1 saturated carbocycles. The minimum atomic E-state index is -0.971. The van der Waals surface area contributed by atoms with Crippen LogP contribution >= 0.6 is 0 Å². The number of carbonyl (C=O) groups is 1. The standard InChI is InChI=1S/C18H26O3/c1-12-10-13(2)17-15(11-12)8-7-14(3)18(17,21)9-5-4-6-16(19)20/h4-9,12-15,17,21H,10-11H2,1-3H3,(H,19,20)/b6-4+,9-5+/t12-,13+,14-,15-,17-,18+/m0/s1. The van der Waals surface area contributed by atoms with Gasteiger partial charge in [0, 0.05) is 17.9 Å². The molecule has 0 amide bonds. The summed E-state index contributed by atoms with van der Waals surface area (Å²) in [4.78, 5) is 10.5. The number of aliphatic hydroxyl groups is 1. The van der Waals surface area contributed by atoms with E-state index in [0.29, 0.717) is 17.8 Å². The van der Waals surface area contributed by atoms with Gasteiger partial charge in [0.25, 0.3) is 0 Å². The van der Waals surface area contributed by atoms with Crippen molar-refractivity contribution in [3.05, 3.63) is 36.5 Å². The Morgan fingerprint density at radius 1 is 1.19 bits per heavy atom. The molecule has 2 aliphatic rings. The maximum absolute atomic E-state index is 11.2. The quantitative estimate of drug-likeness (QED) is 0.476. The van der Waals surface area contributed by atoms with Crippen molar-refractivity contribution in [2.75, 3.05) is 0 Å². The van der Waals surface area contributed by atoms with E-state index < -0.39 is 11.6 Å². The number of allylic oxidation sites excluding steroid dienone is 3. The molecule has 1 fully saturated rings. The van der Waals surface area contributed by atoms with Crippen LogP contribution in [0.25, 0.3) is 0 Å². The van der Waals surface area contributed by atoms with Crippen LogP contribution < -0.4 is 0 Å². The van der Waals surface area contributed by atoms with Gasteiger partial charge < -0.3 is 10.2 Å². The highest BCUT2D eigenvalue weighted by atomic mass is 16.4. The fraction of sp³-hybridized carbons (Fsp3) is 0.611. The number of hydrogen-bond acceptors (Lipinski definition) is 2. The first kappa shape index (κ1) is 16.0. The Kier molecular flexibility index (Phi) is 4.72. The highest BCUT2D eigenvalue weighted by Crippen LogP contribution is 2.50. The maximum Gasteiger partial charge on any atom is 0.328 e. The molecule has 0 radical (unpaired) electrons. The van der Waals surface area contributed by atoms with E-state index in [1.807, 2.05) is 6.92 Å². The van der Waals surface area contributed by atoms with E-state index in [2.05, 4.69) is 26.0 Å². The summed E-state index contributed by atoms with van der Waals surface area (Å²) in [5.41, 5.74) is -0.887. The molecule has 6 atom stereocenters. The third-order valence-electron chi connectivity index (χ3n) is 5.15. The Labute approximate surface area is 127 Å². The molecule has 0 aromatic heterocycles. The van der Waals surface area contributed by atoms with Gasteiger partial charge in [0.05, 0.1) is 5.60 Å². The van der Waals surface area contributed by atoms with Crippen molar-refractivity contribution < 1.29 is 15.0 Å². The van der Waals surface area contributed by atoms with Crippen molar-refractivity contribution in [2.45, 2.75) is 39.2 Å². The van der Waals surface area contributed by atoms with Gasteiger partial charge in [0.2, 0.25) is 0 Å². The number of carboxylic acids is 1. The molecule has 2 N–H and O–H groups in total. The van der Waals surface area contributed by atoms with Crippen molar-refractivity contribution in [3.8, 4) is 0 Å². The lowest BCUT2D eigenvalue weighted by atomic mass is 9.57. The molecule has 0 aromatic carbocycles. The Bertz CT molecular complexity index is 477. The van der Waals surface area contributed by atoms with E-state index in [1.54, 1.807) is 12.2 Å². The monoisotopic (exact) mass is 290 g/mol. The van der Waals surface area contributed by atoms with E-state index >= 15 is 0 Å². The Morgan fingerprint density at radius 2 is 1.90 bits per heavy atom. The van der Waals surface area contributed by atoms with Gasteiger partial charge in [-0.25, -0.2) is 4.79 Å². The van der Waals surface area contributed by atoms with Crippen molar-refractivity contribution >= 4 is 5.97 Å². The molecule has 3 heteroatoms. The average Bonchev–Trinajstić information content (AvgIpc) is 2.38. The van der Waals surface area contributed by atoms with Gasteiger partial charge in [-0.1, -0.05) is 51.2 Å². The lowest BCUT2D eigenvalue weighted by Crippen LogP contribution is -2.52. The minimum Gasteiger partial charge on any atom is -0.478 e. The molecular weight excluding hydrogens is 264 g/mol. The largest absolute Gasteiger partial charge is 0.478 e. The zero-order valence-electron chi connectivity index (χ0n) is 13.1. The van der Waals surface area contributed by atoms with Crippen LogP contribution in [0.1, 0.15) is 33.6 Å². The van der Waals surface area contributed by atoms with E-state index in [-0.39, 0.29) is 11.8 Å². The second-order valence-corrected chi connectivity index (χ2v) is 6.86. The van der Waals surface area contributed by atoms with Gasteiger partial charge in [0.1, 0.15) is 0 Å². The first-order valence-electron chi connectivity index (χ1n) is 7.84. The normalized spacial score (nSPS) is 43.3. The van der Waals surface area contributed by atoms with E-state index in [4.69, 9.17) is 5.11 Å². The highest BCUT2D eigenvalue weighted by Gasteiger charge is 2.49. The second kappa shape index (κ2) is 6.18. The van der Waals surface area contributed by atoms with Gasteiger partial charge in [-0.2, -0.15) is 0 Å². The van der Waals surface area contributed by atoms with Crippen molar-refractivity contribution in [1.82, 2.24) is 0 Å². The van der Waals surface area contributed by atoms with E-state index in [0.717, 1.165) is 18.9 Å². The fourth-order valence-corrected chi connectivity index (χ4v) is 4.29. The summed E-state index contributed by atoms with van der Waals surface area (Å²) in [5.74, 6) is 0.856. The molecule has 116 valence electrons. The molecule has 0 spiro atoms. The third kappa shape index (κ3) is 3.29. The molecule has 0 aliphatic heterocycles. The molecule has 0 aromatic rings. The Morgan fingerprint density at radius 3 is 2.57 bits per heavy atom. The third-order valence-corrected chi connectivity index (χ3v) is 5.15. The SMILES string of the molecule is C[C@H]1C[C@@H](C)[C@H]2[C@@H](C=C[C@H](C)[C@]2(O)/C=C/C=C/C(=O)O)C1. The first-order chi connectivity index (χ1) is 9.84. The molecule has 0 heterocycles. The summed E-state index contributed by atoms with van der Waals surface area (Å²) < 4.78 is 0. The summed E-state index contributed by atoms with van der Waals surface area (Å²) in [6.07, 6.45) is 12.7. The number of hydrogen-bond donors (Lipinski definition) is 2. The number of rotatable bonds is 3. The zero-order chi connectivity index (χ0) is 15.6. The predicted octanol–water partition coefficient (Wildman–Crippen LogP) is 3.42. The van der Waals surface area contributed by atoms with Crippen LogP contribution in [0.15, 0.2) is 36.5 Å². The van der Waals surface area contributed by atoms with Crippen LogP contribution in [0.5, 0.6) is 0 Å². The molecule has 0 unspecified atom stereocenters. The Balaban J connectivity index is 2.26. The van der Waals surface area contributed by atoms with Gasteiger partial charge in [-0.3, -0.25) is 0 Å². The summed E-state index contributed by atoms with van der Waals surface area (Å²) in [6.45, 7) is 6.54. The summed E-state index contributed by atoms with van der Waals surface area (Å²) in [7, 11) is 0. The maximum atomic E-state index is 11.2. The van der Waals surface area contributed by atoms with Crippen LogP contribution in [-0.2, 0) is 4.79 Å². The lowest BCUT2D eigenvalue weighted by molar-refractivity contribution is -0.131. The molecule has 0 saturated heterocycles. The first-order valence-corrected chi connectivity index (χ1v) is 7.84. The van der Waals surface area contributed by atoms with Gasteiger partial charge in [-0.15, -0.1) is 0 Å². The Hall–Kier alpha value is -1.35. The summed E-state index contributed by atoms with van der Waals surface area (Å²) >= 11 is 0. The fourth-order valence-electron chi connectivity index (χ4n) is 4.29. The molecule has 21 heavy (non-hydrogen) atoms. The van der Waals surface area contributed by atoms with Crippen molar-refractivity contribution in [3.63, 3.8) is 0 Å².